The molecular weight excluding hydrogens is 453 g/mol. The minimum absolute atomic E-state index is 0. The Balaban J connectivity index is 0.00000261. The van der Waals surface area contributed by atoms with E-state index in [4.69, 9.17) is 9.68 Å². The van der Waals surface area contributed by atoms with Gasteiger partial charge in [0, 0.05) is 20.1 Å². The number of nitrogens with one attached hydrogen (secondary N) is 2. The van der Waals surface area contributed by atoms with E-state index in [-0.39, 0.29) is 30.0 Å². The van der Waals surface area contributed by atoms with E-state index in [1.807, 2.05) is 36.4 Å². The molecular formula is C20H26IN5O. The summed E-state index contributed by atoms with van der Waals surface area (Å²) in [5.74, 6) is 1.74. The lowest BCUT2D eigenvalue weighted by molar-refractivity contribution is 0.215. The number of halogens is 1. The number of hydrogen-bond donors (Lipinski definition) is 2. The van der Waals surface area contributed by atoms with Crippen LogP contribution in [0.1, 0.15) is 35.8 Å². The first kappa shape index (κ1) is 21.3. The zero-order chi connectivity index (χ0) is 18.2. The summed E-state index contributed by atoms with van der Waals surface area (Å²) >= 11 is 0. The molecule has 3 rings (SSSR count). The summed E-state index contributed by atoms with van der Waals surface area (Å²) in [4.78, 5) is 6.77. The van der Waals surface area contributed by atoms with E-state index in [0.29, 0.717) is 12.1 Å². The van der Waals surface area contributed by atoms with E-state index < -0.39 is 0 Å². The fourth-order valence-electron chi connectivity index (χ4n) is 3.24. The van der Waals surface area contributed by atoms with Crippen molar-refractivity contribution >= 4 is 29.9 Å². The molecule has 6 nitrogen and oxygen atoms in total. The number of rotatable bonds is 6. The first-order valence-electron chi connectivity index (χ1n) is 9.01. The van der Waals surface area contributed by atoms with Gasteiger partial charge in [-0.05, 0) is 55.8 Å². The highest BCUT2D eigenvalue weighted by molar-refractivity contribution is 14.0. The predicted molar refractivity (Wildman–Crippen MR) is 117 cm³/mol. The molecule has 1 saturated heterocycles. The topological polar surface area (TPSA) is 76.6 Å². The molecule has 0 amide bonds. The van der Waals surface area contributed by atoms with Gasteiger partial charge < -0.3 is 15.1 Å². The Labute approximate surface area is 177 Å². The normalized spacial score (nSPS) is 15.6. The molecule has 1 aromatic heterocycles. The van der Waals surface area contributed by atoms with Gasteiger partial charge in [0.1, 0.15) is 5.76 Å². The van der Waals surface area contributed by atoms with E-state index in [9.17, 15) is 0 Å². The fraction of sp³-hybridized carbons (Fsp3) is 0.400. The highest BCUT2D eigenvalue weighted by atomic mass is 127. The number of likely N-dealkylation sites (tertiary alicyclic amines) is 1. The number of aliphatic imine (C=N–C) groups is 1. The summed E-state index contributed by atoms with van der Waals surface area (Å²) < 4.78 is 5.66. The molecule has 2 heterocycles. The maximum atomic E-state index is 8.87. The molecule has 1 fully saturated rings. The Kier molecular flexibility index (Phi) is 8.61. The lowest BCUT2D eigenvalue weighted by Crippen LogP contribution is -2.42. The van der Waals surface area contributed by atoms with Crippen LogP contribution in [0.15, 0.2) is 52.1 Å². The molecule has 1 aliphatic rings. The van der Waals surface area contributed by atoms with Crippen molar-refractivity contribution in [2.45, 2.75) is 25.4 Å². The van der Waals surface area contributed by atoms with Crippen LogP contribution in [0.4, 0.5) is 0 Å². The third kappa shape index (κ3) is 5.97. The second-order valence-corrected chi connectivity index (χ2v) is 6.39. The Morgan fingerprint density at radius 1 is 1.22 bits per heavy atom. The monoisotopic (exact) mass is 479 g/mol. The minimum atomic E-state index is 0. The van der Waals surface area contributed by atoms with E-state index >= 15 is 0 Å². The molecule has 1 unspecified atom stereocenters. The molecule has 0 bridgehead atoms. The number of guanidine groups is 1. The number of hydrogen-bond acceptors (Lipinski definition) is 4. The maximum absolute atomic E-state index is 8.87. The average molecular weight is 479 g/mol. The van der Waals surface area contributed by atoms with Crippen LogP contribution in [-0.2, 0) is 6.54 Å². The van der Waals surface area contributed by atoms with Gasteiger partial charge in [-0.15, -0.1) is 24.0 Å². The molecule has 1 aliphatic heterocycles. The quantitative estimate of drug-likeness (QED) is 0.378. The van der Waals surface area contributed by atoms with Gasteiger partial charge in [0.25, 0.3) is 0 Å². The van der Waals surface area contributed by atoms with Crippen LogP contribution in [0.3, 0.4) is 0 Å². The largest absolute Gasteiger partial charge is 0.468 e. The molecule has 0 spiro atoms. The van der Waals surface area contributed by atoms with Gasteiger partial charge in [-0.1, -0.05) is 12.1 Å². The number of nitrogens with zero attached hydrogens (tertiary/aromatic N) is 3. The van der Waals surface area contributed by atoms with Gasteiger partial charge >= 0.3 is 0 Å². The van der Waals surface area contributed by atoms with Gasteiger partial charge in [-0.3, -0.25) is 9.89 Å². The van der Waals surface area contributed by atoms with Crippen molar-refractivity contribution < 1.29 is 4.42 Å². The Morgan fingerprint density at radius 2 is 1.96 bits per heavy atom. The van der Waals surface area contributed by atoms with Crippen LogP contribution in [0, 0.1) is 11.3 Å². The molecule has 0 radical (unpaired) electrons. The Hall–Kier alpha value is -2.05. The van der Waals surface area contributed by atoms with Gasteiger partial charge in [0.05, 0.1) is 23.9 Å². The van der Waals surface area contributed by atoms with Gasteiger partial charge in [0.15, 0.2) is 5.96 Å². The van der Waals surface area contributed by atoms with E-state index in [0.717, 1.165) is 36.9 Å². The average Bonchev–Trinajstić information content (AvgIpc) is 3.39. The molecule has 27 heavy (non-hydrogen) atoms. The van der Waals surface area contributed by atoms with Gasteiger partial charge in [-0.25, -0.2) is 0 Å². The first-order chi connectivity index (χ1) is 12.8. The third-order valence-electron chi connectivity index (χ3n) is 4.68. The van der Waals surface area contributed by atoms with Crippen LogP contribution < -0.4 is 10.6 Å². The third-order valence-corrected chi connectivity index (χ3v) is 4.68. The highest BCUT2D eigenvalue weighted by Crippen LogP contribution is 2.24. The van der Waals surface area contributed by atoms with Crippen molar-refractivity contribution in [3.05, 3.63) is 59.5 Å². The van der Waals surface area contributed by atoms with Crippen molar-refractivity contribution in [3.63, 3.8) is 0 Å². The van der Waals surface area contributed by atoms with Crippen molar-refractivity contribution in [1.29, 1.82) is 5.26 Å². The summed E-state index contributed by atoms with van der Waals surface area (Å²) in [5.41, 5.74) is 1.78. The zero-order valence-electron chi connectivity index (χ0n) is 15.5. The second kappa shape index (κ2) is 10.9. The van der Waals surface area contributed by atoms with Crippen LogP contribution in [0.2, 0.25) is 0 Å². The molecule has 1 atom stereocenters. The standard InChI is InChI=1S/C20H25N5O.HI/c1-22-20(23-14-17-8-6-16(13-21)7-9-17)24-15-18(19-5-4-12-26-19)25-10-2-3-11-25;/h4-9,12,18H,2-3,10-11,14-15H2,1H3,(H2,22,23,24);1H. The van der Waals surface area contributed by atoms with Crippen molar-refractivity contribution in [1.82, 2.24) is 15.5 Å². The first-order valence-corrected chi connectivity index (χ1v) is 9.01. The SMILES string of the molecule is CN=C(NCc1ccc(C#N)cc1)NCC(c1ccco1)N1CCCC1.I. The second-order valence-electron chi connectivity index (χ2n) is 6.39. The lowest BCUT2D eigenvalue weighted by Gasteiger charge is -2.26. The molecule has 144 valence electrons. The highest BCUT2D eigenvalue weighted by Gasteiger charge is 2.25. The van der Waals surface area contributed by atoms with E-state index in [1.54, 1.807) is 13.3 Å². The van der Waals surface area contributed by atoms with Crippen molar-refractivity contribution in [2.75, 3.05) is 26.7 Å². The summed E-state index contributed by atoms with van der Waals surface area (Å²) in [5, 5.41) is 15.6. The van der Waals surface area contributed by atoms with E-state index in [2.05, 4.69) is 26.6 Å². The van der Waals surface area contributed by atoms with Gasteiger partial charge in [0.2, 0.25) is 0 Å². The summed E-state index contributed by atoms with van der Waals surface area (Å²) in [6.07, 6.45) is 4.21. The molecule has 1 aromatic carbocycles. The molecule has 2 aromatic rings. The molecule has 0 saturated carbocycles. The smallest absolute Gasteiger partial charge is 0.191 e. The van der Waals surface area contributed by atoms with Crippen LogP contribution in [0.5, 0.6) is 0 Å². The number of benzene rings is 1. The Morgan fingerprint density at radius 3 is 2.56 bits per heavy atom. The Bertz CT molecular complexity index is 746. The number of nitriles is 1. The number of furan rings is 1. The molecule has 0 aliphatic carbocycles. The fourth-order valence-corrected chi connectivity index (χ4v) is 3.24. The van der Waals surface area contributed by atoms with E-state index in [1.165, 1.54) is 12.8 Å². The van der Waals surface area contributed by atoms with Crippen LogP contribution >= 0.6 is 24.0 Å². The lowest BCUT2D eigenvalue weighted by atomic mass is 10.1. The minimum Gasteiger partial charge on any atom is -0.468 e. The molecule has 2 N–H and O–H groups in total. The zero-order valence-corrected chi connectivity index (χ0v) is 17.8. The van der Waals surface area contributed by atoms with Crippen LogP contribution in [0.25, 0.3) is 0 Å². The summed E-state index contributed by atoms with van der Waals surface area (Å²) in [6, 6.07) is 13.9. The summed E-state index contributed by atoms with van der Waals surface area (Å²) in [6.45, 7) is 3.59. The maximum Gasteiger partial charge on any atom is 0.191 e. The predicted octanol–water partition coefficient (Wildman–Crippen LogP) is 3.27. The molecule has 7 heteroatoms. The van der Waals surface area contributed by atoms with Gasteiger partial charge in [-0.2, -0.15) is 5.26 Å². The summed E-state index contributed by atoms with van der Waals surface area (Å²) in [7, 11) is 1.77. The van der Waals surface area contributed by atoms with Crippen molar-refractivity contribution in [2.24, 2.45) is 4.99 Å². The van der Waals surface area contributed by atoms with Crippen molar-refractivity contribution in [3.8, 4) is 6.07 Å². The van der Waals surface area contributed by atoms with Crippen LogP contribution in [-0.4, -0.2) is 37.5 Å².